The summed E-state index contributed by atoms with van der Waals surface area (Å²) in [5.41, 5.74) is 9.59. The number of nitrogens with two attached hydrogens (primary N) is 1. The van der Waals surface area contributed by atoms with Crippen LogP contribution < -0.4 is 20.3 Å². The van der Waals surface area contributed by atoms with E-state index in [4.69, 9.17) is 5.73 Å². The molecule has 1 saturated heterocycles. The molecule has 2 aliphatic rings. The molecular weight excluding hydrogens is 532 g/mol. The highest BCUT2D eigenvalue weighted by atomic mass is 32.2. The molecule has 39 heavy (non-hydrogen) atoms. The molecule has 1 aromatic carbocycles. The van der Waals surface area contributed by atoms with Gasteiger partial charge in [0.05, 0.1) is 6.20 Å². The van der Waals surface area contributed by atoms with Crippen molar-refractivity contribution in [3.05, 3.63) is 53.0 Å². The van der Waals surface area contributed by atoms with Crippen molar-refractivity contribution in [2.24, 2.45) is 5.73 Å². The highest BCUT2D eigenvalue weighted by Crippen LogP contribution is 2.35. The van der Waals surface area contributed by atoms with E-state index in [0.29, 0.717) is 36.8 Å². The summed E-state index contributed by atoms with van der Waals surface area (Å²) >= 11 is 3.18. The second-order valence-corrected chi connectivity index (χ2v) is 11.2. The zero-order chi connectivity index (χ0) is 27.4. The number of anilines is 3. The van der Waals surface area contributed by atoms with E-state index in [0.717, 1.165) is 61.1 Å². The molecule has 0 atom stereocenters. The van der Waals surface area contributed by atoms with Gasteiger partial charge in [-0.05, 0) is 68.1 Å². The van der Waals surface area contributed by atoms with Crippen LogP contribution in [0.15, 0.2) is 35.4 Å². The van der Waals surface area contributed by atoms with Gasteiger partial charge in [0.2, 0.25) is 5.95 Å². The van der Waals surface area contributed by atoms with Crippen molar-refractivity contribution in [2.45, 2.75) is 31.2 Å². The molecule has 0 radical (unpaired) electrons. The molecule has 3 N–H and O–H groups in total. The Hall–Kier alpha value is -3.31. The van der Waals surface area contributed by atoms with E-state index in [9.17, 15) is 10.1 Å². The van der Waals surface area contributed by atoms with Crippen LogP contribution in [-0.2, 0) is 13.0 Å². The summed E-state index contributed by atoms with van der Waals surface area (Å²) in [5, 5.41) is 13.7. The van der Waals surface area contributed by atoms with Crippen LogP contribution in [0.2, 0.25) is 0 Å². The maximum absolute atomic E-state index is 13.6. The second kappa shape index (κ2) is 12.3. The topological polar surface area (TPSA) is 132 Å². The van der Waals surface area contributed by atoms with Crippen LogP contribution in [0.25, 0.3) is 0 Å². The molecule has 0 unspecified atom stereocenters. The Kier molecular flexibility index (Phi) is 8.56. The molecule has 0 bridgehead atoms. The summed E-state index contributed by atoms with van der Waals surface area (Å²) in [5.74, 6) is 1.30. The van der Waals surface area contributed by atoms with Gasteiger partial charge in [0, 0.05) is 61.8 Å². The van der Waals surface area contributed by atoms with Gasteiger partial charge in [0.25, 0.3) is 5.91 Å². The van der Waals surface area contributed by atoms with Crippen molar-refractivity contribution < 1.29 is 4.79 Å². The van der Waals surface area contributed by atoms with Crippen LogP contribution in [0, 0.1) is 18.3 Å². The Morgan fingerprint density at radius 2 is 2.00 bits per heavy atom. The Balaban J connectivity index is 1.23. The average molecular weight is 565 g/mol. The number of aromatic nitrogens is 4. The van der Waals surface area contributed by atoms with Crippen LogP contribution in [0.3, 0.4) is 0 Å². The first-order valence-electron chi connectivity index (χ1n) is 12.9. The highest BCUT2D eigenvalue weighted by Gasteiger charge is 2.29. The van der Waals surface area contributed by atoms with Gasteiger partial charge >= 0.3 is 0 Å². The number of amides is 1. The monoisotopic (exact) mass is 564 g/mol. The van der Waals surface area contributed by atoms with Gasteiger partial charge in [-0.1, -0.05) is 11.9 Å². The van der Waals surface area contributed by atoms with E-state index in [2.05, 4.69) is 53.3 Å². The fraction of sp³-hybridized carbons (Fsp3) is 0.423. The smallest absolute Gasteiger partial charge is 0.263 e. The van der Waals surface area contributed by atoms with Crippen molar-refractivity contribution in [1.82, 2.24) is 24.1 Å². The number of nitrogens with one attached hydrogen (secondary N) is 1. The fourth-order valence-corrected chi connectivity index (χ4v) is 6.20. The van der Waals surface area contributed by atoms with E-state index >= 15 is 0 Å². The van der Waals surface area contributed by atoms with Gasteiger partial charge in [-0.3, -0.25) is 4.79 Å². The third-order valence-electron chi connectivity index (χ3n) is 6.75. The Morgan fingerprint density at radius 3 is 2.74 bits per heavy atom. The van der Waals surface area contributed by atoms with Crippen LogP contribution in [-0.4, -0.2) is 75.5 Å². The van der Waals surface area contributed by atoms with Crippen molar-refractivity contribution >= 4 is 47.3 Å². The van der Waals surface area contributed by atoms with E-state index in [1.54, 1.807) is 24.2 Å². The second-order valence-electron chi connectivity index (χ2n) is 9.39. The molecule has 3 aromatic rings. The number of piperazine rings is 1. The van der Waals surface area contributed by atoms with Gasteiger partial charge in [0.15, 0.2) is 0 Å². The lowest BCUT2D eigenvalue weighted by Gasteiger charge is -2.34. The van der Waals surface area contributed by atoms with Gasteiger partial charge in [0.1, 0.15) is 23.1 Å². The van der Waals surface area contributed by atoms with Gasteiger partial charge in [-0.25, -0.2) is 19.0 Å². The van der Waals surface area contributed by atoms with Gasteiger partial charge < -0.3 is 20.3 Å². The molecule has 0 saturated carbocycles. The lowest BCUT2D eigenvalue weighted by atomic mass is 10.2. The number of hydrogen-bond donors (Lipinski definition) is 2. The fourth-order valence-electron chi connectivity index (χ4n) is 4.83. The van der Waals surface area contributed by atoms with Crippen LogP contribution in [0.5, 0.6) is 0 Å². The van der Waals surface area contributed by atoms with E-state index in [1.807, 2.05) is 22.8 Å². The molecule has 11 nitrogen and oxygen atoms in total. The predicted molar refractivity (Wildman–Crippen MR) is 156 cm³/mol. The van der Waals surface area contributed by atoms with Crippen molar-refractivity contribution in [3.63, 3.8) is 0 Å². The molecule has 2 aromatic heterocycles. The number of aryl methyl sites for hydroxylation is 2. The molecule has 2 aliphatic heterocycles. The maximum atomic E-state index is 13.6. The lowest BCUT2D eigenvalue weighted by Crippen LogP contribution is -2.44. The molecule has 4 heterocycles. The van der Waals surface area contributed by atoms with E-state index in [-0.39, 0.29) is 5.91 Å². The minimum atomic E-state index is -0.0428. The minimum absolute atomic E-state index is 0.0428. The number of hydrogen-bond acceptors (Lipinski definition) is 11. The molecule has 0 aliphatic carbocycles. The first kappa shape index (κ1) is 27.3. The van der Waals surface area contributed by atoms with Crippen LogP contribution >= 0.6 is 23.9 Å². The molecule has 5 rings (SSSR count). The molecule has 1 amide bonds. The summed E-state index contributed by atoms with van der Waals surface area (Å²) in [6.07, 6.45) is 5.20. The number of carbonyl (C=O) groups excluding carboxylic acids is 1. The third-order valence-corrected chi connectivity index (χ3v) is 8.23. The van der Waals surface area contributed by atoms with E-state index in [1.165, 1.54) is 17.5 Å². The maximum Gasteiger partial charge on any atom is 0.263 e. The molecule has 204 valence electrons. The summed E-state index contributed by atoms with van der Waals surface area (Å²) in [4.78, 5) is 27.6. The Labute approximate surface area is 237 Å². The zero-order valence-corrected chi connectivity index (χ0v) is 23.8. The summed E-state index contributed by atoms with van der Waals surface area (Å²) in [7, 11) is 0. The first-order chi connectivity index (χ1) is 19.0. The zero-order valence-electron chi connectivity index (χ0n) is 22.1. The van der Waals surface area contributed by atoms with Crippen LogP contribution in [0.1, 0.15) is 33.7 Å². The predicted octanol–water partition coefficient (Wildman–Crippen LogP) is 2.92. The molecular formula is C26H32N10OS2. The normalized spacial score (nSPS) is 15.3. The van der Waals surface area contributed by atoms with Crippen molar-refractivity contribution in [3.8, 4) is 6.07 Å². The number of nitriles is 1. The van der Waals surface area contributed by atoms with Gasteiger partial charge in [-0.15, -0.1) is 0 Å². The Bertz CT molecular complexity index is 1380. The summed E-state index contributed by atoms with van der Waals surface area (Å²) in [6, 6.07) is 10.2. The highest BCUT2D eigenvalue weighted by molar-refractivity contribution is 7.99. The number of rotatable bonds is 9. The summed E-state index contributed by atoms with van der Waals surface area (Å²) in [6.45, 7) is 7.06. The third kappa shape index (κ3) is 5.99. The SMILES string of the molecule is CSNc1c(C(=O)N2CCc3cc(SN4CCN(c5nc(C)cc(C#N)n5)CC4)ccc32)cnn1CCCN. The Morgan fingerprint density at radius 1 is 1.18 bits per heavy atom. The molecule has 1 fully saturated rings. The lowest BCUT2D eigenvalue weighted by molar-refractivity contribution is 0.0990. The molecule has 0 spiro atoms. The average Bonchev–Trinajstić information content (AvgIpc) is 3.55. The van der Waals surface area contributed by atoms with Crippen molar-refractivity contribution in [1.29, 1.82) is 5.26 Å². The molecule has 13 heteroatoms. The first-order valence-corrected chi connectivity index (χ1v) is 14.9. The quantitative estimate of drug-likeness (QED) is 0.372. The number of carbonyl (C=O) groups is 1. The standard InChI is InChI=1S/C26H32N10OS2/c1-18-14-20(16-28)31-26(30-18)33-10-12-34(13-11-33)39-21-4-5-23-19(15-21)6-9-35(23)25(37)22-17-29-36(8-3-7-27)24(22)32-38-2/h4-5,14-15,17,32H,3,6-13,27H2,1-2H3. The number of fused-ring (bicyclic) bond motifs is 1. The number of nitrogens with zero attached hydrogens (tertiary/aromatic N) is 8. The number of benzene rings is 1. The minimum Gasteiger partial charge on any atom is -0.338 e. The van der Waals surface area contributed by atoms with Crippen molar-refractivity contribution in [2.75, 3.05) is 60.0 Å². The largest absolute Gasteiger partial charge is 0.338 e. The summed E-state index contributed by atoms with van der Waals surface area (Å²) < 4.78 is 7.39. The van der Waals surface area contributed by atoms with Gasteiger partial charge in [-0.2, -0.15) is 10.4 Å². The van der Waals surface area contributed by atoms with Crippen LogP contribution in [0.4, 0.5) is 17.5 Å². The van der Waals surface area contributed by atoms with E-state index < -0.39 is 0 Å².